The van der Waals surface area contributed by atoms with Gasteiger partial charge in [0.25, 0.3) is 0 Å². The van der Waals surface area contributed by atoms with Crippen LogP contribution in [-0.4, -0.2) is 45.9 Å². The van der Waals surface area contributed by atoms with E-state index in [1.807, 2.05) is 6.92 Å². The molecule has 7 heteroatoms. The summed E-state index contributed by atoms with van der Waals surface area (Å²) in [5.74, 6) is -0.204. The number of carbonyl (C=O) groups excluding carboxylic acids is 1. The third-order valence-electron chi connectivity index (χ3n) is 2.57. The molecule has 0 aromatic heterocycles. The summed E-state index contributed by atoms with van der Waals surface area (Å²) in [5, 5.41) is 13.9. The van der Waals surface area contributed by atoms with Crippen LogP contribution >= 0.6 is 0 Å². The van der Waals surface area contributed by atoms with Crippen LogP contribution in [0.3, 0.4) is 0 Å². The fourth-order valence-corrected chi connectivity index (χ4v) is 2.16. The maximum atomic E-state index is 11.4. The summed E-state index contributed by atoms with van der Waals surface area (Å²) in [7, 11) is -0.834. The number of hydrogen-bond donors (Lipinski definition) is 3. The van der Waals surface area contributed by atoms with Gasteiger partial charge in [0.2, 0.25) is 0 Å². The molecule has 0 aromatic carbocycles. The van der Waals surface area contributed by atoms with Crippen LogP contribution in [0.15, 0.2) is 0 Å². The summed E-state index contributed by atoms with van der Waals surface area (Å²) in [6.07, 6.45) is 4.71. The summed E-state index contributed by atoms with van der Waals surface area (Å²) in [4.78, 5) is 21.7. The van der Waals surface area contributed by atoms with Gasteiger partial charge in [0.05, 0.1) is 0 Å². The van der Waals surface area contributed by atoms with E-state index in [1.165, 1.54) is 0 Å². The number of nitrogens with one attached hydrogen (secondary N) is 2. The normalized spacial score (nSPS) is 13.6. The molecule has 112 valence electrons. The van der Waals surface area contributed by atoms with Crippen LogP contribution in [-0.2, 0) is 15.6 Å². The molecular formula is C12H24N2O4S. The third kappa shape index (κ3) is 13.1. The van der Waals surface area contributed by atoms with Gasteiger partial charge < -0.3 is 15.7 Å². The molecule has 0 saturated heterocycles. The van der Waals surface area contributed by atoms with Gasteiger partial charge in [0, 0.05) is 41.8 Å². The van der Waals surface area contributed by atoms with Crippen LogP contribution in [0, 0.1) is 0 Å². The van der Waals surface area contributed by atoms with E-state index in [1.54, 1.807) is 6.26 Å². The van der Waals surface area contributed by atoms with E-state index in [2.05, 4.69) is 10.6 Å². The number of carboxylic acids is 1. The van der Waals surface area contributed by atoms with Gasteiger partial charge in [0.1, 0.15) is 0 Å². The second-order valence-electron chi connectivity index (χ2n) is 4.57. The quantitative estimate of drug-likeness (QED) is 0.525. The van der Waals surface area contributed by atoms with Crippen LogP contribution < -0.4 is 10.6 Å². The summed E-state index contributed by atoms with van der Waals surface area (Å²) in [6.45, 7) is 2.41. The Morgan fingerprint density at radius 3 is 2.53 bits per heavy atom. The van der Waals surface area contributed by atoms with Gasteiger partial charge in [0.15, 0.2) is 0 Å². The topological polar surface area (TPSA) is 95.5 Å². The second-order valence-corrected chi connectivity index (χ2v) is 6.13. The van der Waals surface area contributed by atoms with E-state index in [-0.39, 0.29) is 18.5 Å². The Balaban J connectivity index is 3.48. The van der Waals surface area contributed by atoms with E-state index in [9.17, 15) is 13.8 Å². The summed E-state index contributed by atoms with van der Waals surface area (Å²) >= 11 is 0. The molecule has 0 aliphatic carbocycles. The van der Waals surface area contributed by atoms with Gasteiger partial charge >= 0.3 is 12.0 Å². The zero-order chi connectivity index (χ0) is 14.7. The Morgan fingerprint density at radius 2 is 1.95 bits per heavy atom. The average molecular weight is 292 g/mol. The predicted octanol–water partition coefficient (Wildman–Crippen LogP) is 1.09. The van der Waals surface area contributed by atoms with Gasteiger partial charge in [-0.25, -0.2) is 4.79 Å². The Kier molecular flexibility index (Phi) is 10.1. The van der Waals surface area contributed by atoms with Crippen LogP contribution in [0.2, 0.25) is 0 Å². The molecule has 19 heavy (non-hydrogen) atoms. The van der Waals surface area contributed by atoms with Gasteiger partial charge in [-0.3, -0.25) is 9.00 Å². The Hall–Kier alpha value is -1.11. The van der Waals surface area contributed by atoms with Crippen molar-refractivity contribution in [3.63, 3.8) is 0 Å². The minimum Gasteiger partial charge on any atom is -0.481 e. The van der Waals surface area contributed by atoms with Crippen molar-refractivity contribution in [2.24, 2.45) is 0 Å². The smallest absolute Gasteiger partial charge is 0.314 e. The lowest BCUT2D eigenvalue weighted by Gasteiger charge is -2.13. The van der Waals surface area contributed by atoms with Crippen molar-refractivity contribution in [2.45, 2.75) is 45.1 Å². The van der Waals surface area contributed by atoms with Crippen LogP contribution in [0.4, 0.5) is 4.79 Å². The van der Waals surface area contributed by atoms with Crippen molar-refractivity contribution in [3.05, 3.63) is 0 Å². The predicted molar refractivity (Wildman–Crippen MR) is 75.7 cm³/mol. The largest absolute Gasteiger partial charge is 0.481 e. The lowest BCUT2D eigenvalue weighted by Crippen LogP contribution is -2.41. The molecule has 0 aromatic rings. The zero-order valence-electron chi connectivity index (χ0n) is 11.6. The standard InChI is InChI=1S/C12H24N2O4S/c1-10(7-9-19(2)18)14-12(17)13-8-5-3-4-6-11(15)16/h10H,3-9H2,1-2H3,(H,15,16)(H2,13,14,17). The third-order valence-corrected chi connectivity index (χ3v) is 3.38. The van der Waals surface area contributed by atoms with Gasteiger partial charge in [-0.2, -0.15) is 0 Å². The average Bonchev–Trinajstić information content (AvgIpc) is 2.30. The van der Waals surface area contributed by atoms with Gasteiger partial charge in [-0.05, 0) is 26.2 Å². The summed E-state index contributed by atoms with van der Waals surface area (Å²) in [6, 6.07) is -0.233. The Bertz CT molecular complexity index is 310. The number of rotatable bonds is 10. The number of hydrogen-bond acceptors (Lipinski definition) is 3. The van der Waals surface area contributed by atoms with Crippen LogP contribution in [0.1, 0.15) is 39.0 Å². The van der Waals surface area contributed by atoms with Crippen molar-refractivity contribution < 1.29 is 18.9 Å². The molecule has 0 heterocycles. The molecule has 2 atom stereocenters. The first-order valence-corrected chi connectivity index (χ1v) is 8.20. The molecular weight excluding hydrogens is 268 g/mol. The van der Waals surface area contributed by atoms with E-state index < -0.39 is 16.8 Å². The van der Waals surface area contributed by atoms with Crippen LogP contribution in [0.5, 0.6) is 0 Å². The van der Waals surface area contributed by atoms with E-state index in [0.717, 1.165) is 12.8 Å². The van der Waals surface area contributed by atoms with Crippen molar-refractivity contribution in [2.75, 3.05) is 18.6 Å². The van der Waals surface area contributed by atoms with E-state index in [0.29, 0.717) is 25.1 Å². The molecule has 0 aliphatic heterocycles. The highest BCUT2D eigenvalue weighted by Gasteiger charge is 2.07. The molecule has 0 bridgehead atoms. The van der Waals surface area contributed by atoms with Crippen molar-refractivity contribution in [3.8, 4) is 0 Å². The van der Waals surface area contributed by atoms with Crippen molar-refractivity contribution in [1.29, 1.82) is 0 Å². The van der Waals surface area contributed by atoms with Gasteiger partial charge in [-0.15, -0.1) is 0 Å². The fourth-order valence-electron chi connectivity index (χ4n) is 1.47. The van der Waals surface area contributed by atoms with Crippen LogP contribution in [0.25, 0.3) is 0 Å². The first-order valence-electron chi connectivity index (χ1n) is 6.48. The molecule has 6 nitrogen and oxygen atoms in total. The van der Waals surface area contributed by atoms with E-state index in [4.69, 9.17) is 5.11 Å². The fraction of sp³-hybridized carbons (Fsp3) is 0.833. The summed E-state index contributed by atoms with van der Waals surface area (Å²) in [5.41, 5.74) is 0. The molecule has 0 aliphatic rings. The minimum absolute atomic E-state index is 0.00379. The number of carbonyl (C=O) groups is 2. The van der Waals surface area contributed by atoms with E-state index >= 15 is 0 Å². The highest BCUT2D eigenvalue weighted by Crippen LogP contribution is 1.98. The molecule has 2 amide bonds. The molecule has 0 radical (unpaired) electrons. The number of amides is 2. The highest BCUT2D eigenvalue weighted by molar-refractivity contribution is 7.84. The molecule has 3 N–H and O–H groups in total. The first kappa shape index (κ1) is 17.9. The van der Waals surface area contributed by atoms with Crippen molar-refractivity contribution in [1.82, 2.24) is 10.6 Å². The first-order chi connectivity index (χ1) is 8.91. The van der Waals surface area contributed by atoms with Crippen molar-refractivity contribution >= 4 is 22.8 Å². The molecule has 0 saturated carbocycles. The number of unbranched alkanes of at least 4 members (excludes halogenated alkanes) is 2. The second kappa shape index (κ2) is 10.8. The number of aliphatic carboxylic acids is 1. The zero-order valence-corrected chi connectivity index (χ0v) is 12.4. The monoisotopic (exact) mass is 292 g/mol. The maximum Gasteiger partial charge on any atom is 0.314 e. The summed E-state index contributed by atoms with van der Waals surface area (Å²) < 4.78 is 10.9. The Labute approximate surface area is 116 Å². The lowest BCUT2D eigenvalue weighted by molar-refractivity contribution is -0.137. The SMILES string of the molecule is CC(CCS(C)=O)NC(=O)NCCCCCC(=O)O. The molecule has 0 spiro atoms. The molecule has 2 unspecified atom stereocenters. The van der Waals surface area contributed by atoms with Gasteiger partial charge in [-0.1, -0.05) is 6.42 Å². The highest BCUT2D eigenvalue weighted by atomic mass is 32.2. The minimum atomic E-state index is -0.834. The molecule has 0 rings (SSSR count). The number of carboxylic acid groups (broad SMARTS) is 1. The Morgan fingerprint density at radius 1 is 1.26 bits per heavy atom. The molecule has 0 fully saturated rings. The lowest BCUT2D eigenvalue weighted by atomic mass is 10.2. The number of urea groups is 1. The maximum absolute atomic E-state index is 11.4.